The minimum absolute atomic E-state index is 0.217. The van der Waals surface area contributed by atoms with Gasteiger partial charge in [0.05, 0.1) is 27.0 Å². The minimum Gasteiger partial charge on any atom is -0.493 e. The second-order valence-corrected chi connectivity index (χ2v) is 7.92. The van der Waals surface area contributed by atoms with Gasteiger partial charge in [-0.15, -0.1) is 0 Å². The Hall–Kier alpha value is -2.76. The van der Waals surface area contributed by atoms with Gasteiger partial charge in [-0.05, 0) is 50.3 Å². The van der Waals surface area contributed by atoms with Gasteiger partial charge in [0.15, 0.2) is 11.5 Å². The molecular formula is C23H32N2O4. The highest BCUT2D eigenvalue weighted by atomic mass is 16.5. The van der Waals surface area contributed by atoms with E-state index in [1.54, 1.807) is 12.1 Å². The molecule has 1 aromatic rings. The maximum Gasteiger partial charge on any atom is 0.271 e. The standard InChI is InChI=1S/C23H32N2O4/c1-15-9-8-12-23(3,4)18(15)11-10-16(2)24-25-22(26)17-13-19(27-5)21(29-7)20(14-17)28-6/h9-11,13-14,18H,8,12H2,1-7H3,(H,25,26). The number of hydrogen-bond donors (Lipinski definition) is 1. The second kappa shape index (κ2) is 9.63. The molecule has 1 N–H and O–H groups in total. The maximum atomic E-state index is 12.5. The number of ether oxygens (including phenoxy) is 3. The summed E-state index contributed by atoms with van der Waals surface area (Å²) in [6.45, 7) is 8.61. The summed E-state index contributed by atoms with van der Waals surface area (Å²) in [5.74, 6) is 1.28. The summed E-state index contributed by atoms with van der Waals surface area (Å²) in [6.07, 6.45) is 8.73. The first-order valence-electron chi connectivity index (χ1n) is 9.73. The zero-order chi connectivity index (χ0) is 21.6. The van der Waals surface area contributed by atoms with Crippen LogP contribution in [0.5, 0.6) is 17.2 Å². The molecule has 0 fully saturated rings. The van der Waals surface area contributed by atoms with Crippen LogP contribution < -0.4 is 19.6 Å². The third kappa shape index (κ3) is 5.40. The van der Waals surface area contributed by atoms with E-state index in [1.807, 2.05) is 13.0 Å². The van der Waals surface area contributed by atoms with Gasteiger partial charge in [0.1, 0.15) is 0 Å². The lowest BCUT2D eigenvalue weighted by molar-refractivity contribution is 0.0954. The van der Waals surface area contributed by atoms with Gasteiger partial charge in [0.2, 0.25) is 5.75 Å². The molecule has 1 unspecified atom stereocenters. The van der Waals surface area contributed by atoms with Crippen molar-refractivity contribution < 1.29 is 19.0 Å². The predicted octanol–water partition coefficient (Wildman–Crippen LogP) is 4.76. The van der Waals surface area contributed by atoms with Crippen LogP contribution in [0, 0.1) is 11.3 Å². The molecule has 1 atom stereocenters. The molecule has 1 aliphatic carbocycles. The number of hydrazone groups is 1. The summed E-state index contributed by atoms with van der Waals surface area (Å²) >= 11 is 0. The zero-order valence-corrected chi connectivity index (χ0v) is 18.5. The molecule has 1 aliphatic rings. The van der Waals surface area contributed by atoms with Crippen molar-refractivity contribution >= 4 is 11.6 Å². The Balaban J connectivity index is 2.14. The van der Waals surface area contributed by atoms with Gasteiger partial charge in [-0.2, -0.15) is 5.10 Å². The van der Waals surface area contributed by atoms with E-state index in [1.165, 1.54) is 26.9 Å². The number of carbonyl (C=O) groups is 1. The summed E-state index contributed by atoms with van der Waals surface area (Å²) in [4.78, 5) is 12.5. The van der Waals surface area contributed by atoms with Crippen molar-refractivity contribution in [1.29, 1.82) is 0 Å². The Bertz CT molecular complexity index is 812. The average Bonchev–Trinajstić information content (AvgIpc) is 2.69. The number of hydrogen-bond acceptors (Lipinski definition) is 5. The highest BCUT2D eigenvalue weighted by molar-refractivity contribution is 5.98. The molecule has 0 saturated heterocycles. The van der Waals surface area contributed by atoms with Crippen LogP contribution in [0.3, 0.4) is 0 Å². The van der Waals surface area contributed by atoms with E-state index in [2.05, 4.69) is 43.5 Å². The van der Waals surface area contributed by atoms with Crippen LogP contribution in [0.4, 0.5) is 0 Å². The summed E-state index contributed by atoms with van der Waals surface area (Å²) in [6, 6.07) is 3.19. The zero-order valence-electron chi connectivity index (χ0n) is 18.5. The van der Waals surface area contributed by atoms with Crippen molar-refractivity contribution in [3.8, 4) is 17.2 Å². The largest absolute Gasteiger partial charge is 0.493 e. The number of allylic oxidation sites excluding steroid dienone is 4. The number of carbonyl (C=O) groups excluding carboxylic acids is 1. The van der Waals surface area contributed by atoms with Gasteiger partial charge in [-0.3, -0.25) is 4.79 Å². The fourth-order valence-electron chi connectivity index (χ4n) is 3.67. The van der Waals surface area contributed by atoms with Gasteiger partial charge in [0.25, 0.3) is 5.91 Å². The Morgan fingerprint density at radius 3 is 2.31 bits per heavy atom. The molecule has 6 heteroatoms. The van der Waals surface area contributed by atoms with Crippen molar-refractivity contribution in [1.82, 2.24) is 5.43 Å². The first-order valence-corrected chi connectivity index (χ1v) is 9.73. The highest BCUT2D eigenvalue weighted by Crippen LogP contribution is 2.41. The van der Waals surface area contributed by atoms with E-state index in [0.717, 1.165) is 18.6 Å². The first-order chi connectivity index (χ1) is 13.7. The molecule has 6 nitrogen and oxygen atoms in total. The molecule has 1 amide bonds. The van der Waals surface area contributed by atoms with Crippen molar-refractivity contribution in [2.24, 2.45) is 16.4 Å². The van der Waals surface area contributed by atoms with Crippen LogP contribution in [0.25, 0.3) is 0 Å². The predicted molar refractivity (Wildman–Crippen MR) is 116 cm³/mol. The van der Waals surface area contributed by atoms with Gasteiger partial charge < -0.3 is 14.2 Å². The average molecular weight is 401 g/mol. The molecular weight excluding hydrogens is 368 g/mol. The molecule has 1 aromatic carbocycles. The number of nitrogens with zero attached hydrogens (tertiary/aromatic N) is 1. The van der Waals surface area contributed by atoms with Gasteiger partial charge in [0, 0.05) is 11.5 Å². The smallest absolute Gasteiger partial charge is 0.271 e. The van der Waals surface area contributed by atoms with Gasteiger partial charge in [-0.25, -0.2) is 5.43 Å². The summed E-state index contributed by atoms with van der Waals surface area (Å²) in [7, 11) is 4.54. The summed E-state index contributed by atoms with van der Waals surface area (Å²) in [5.41, 5.74) is 5.28. The molecule has 0 radical (unpaired) electrons. The Morgan fingerprint density at radius 2 is 1.79 bits per heavy atom. The topological polar surface area (TPSA) is 69.2 Å². The van der Waals surface area contributed by atoms with E-state index in [4.69, 9.17) is 14.2 Å². The van der Waals surface area contributed by atoms with E-state index in [-0.39, 0.29) is 11.3 Å². The maximum absolute atomic E-state index is 12.5. The molecule has 29 heavy (non-hydrogen) atoms. The van der Waals surface area contributed by atoms with E-state index < -0.39 is 0 Å². The number of methoxy groups -OCH3 is 3. The molecule has 2 rings (SSSR count). The molecule has 0 heterocycles. The molecule has 158 valence electrons. The van der Waals surface area contributed by atoms with Crippen LogP contribution in [-0.4, -0.2) is 32.9 Å². The number of amides is 1. The summed E-state index contributed by atoms with van der Waals surface area (Å²) < 4.78 is 15.9. The third-order valence-corrected chi connectivity index (χ3v) is 5.38. The van der Waals surface area contributed by atoms with E-state index >= 15 is 0 Å². The van der Waals surface area contributed by atoms with Crippen molar-refractivity contribution in [2.45, 2.75) is 40.5 Å². The van der Waals surface area contributed by atoms with Crippen LogP contribution in [0.15, 0.2) is 41.0 Å². The third-order valence-electron chi connectivity index (χ3n) is 5.38. The quantitative estimate of drug-likeness (QED) is 0.407. The Labute approximate surface area is 173 Å². The minimum atomic E-state index is -0.355. The SMILES string of the molecule is COc1cc(C(=O)NN=C(C)C=CC2C(C)=CCCC2(C)C)cc(OC)c1OC. The highest BCUT2D eigenvalue weighted by Gasteiger charge is 2.30. The lowest BCUT2D eigenvalue weighted by atomic mass is 9.68. The number of benzene rings is 1. The normalized spacial score (nSPS) is 18.9. The first kappa shape index (κ1) is 22.5. The van der Waals surface area contributed by atoms with Crippen LogP contribution in [0.1, 0.15) is 50.9 Å². The van der Waals surface area contributed by atoms with E-state index in [0.29, 0.717) is 28.7 Å². The number of nitrogens with one attached hydrogen (secondary N) is 1. The summed E-state index contributed by atoms with van der Waals surface area (Å²) in [5, 5.41) is 4.21. The van der Waals surface area contributed by atoms with Gasteiger partial charge >= 0.3 is 0 Å². The lowest BCUT2D eigenvalue weighted by Gasteiger charge is -2.36. The fourth-order valence-corrected chi connectivity index (χ4v) is 3.67. The van der Waals surface area contributed by atoms with Crippen LogP contribution >= 0.6 is 0 Å². The Kier molecular flexibility index (Phi) is 7.48. The molecule has 0 spiro atoms. The second-order valence-electron chi connectivity index (χ2n) is 7.92. The van der Waals surface area contributed by atoms with Crippen molar-refractivity contribution in [2.75, 3.05) is 21.3 Å². The van der Waals surface area contributed by atoms with Crippen LogP contribution in [-0.2, 0) is 0 Å². The van der Waals surface area contributed by atoms with Crippen molar-refractivity contribution in [3.05, 3.63) is 41.5 Å². The van der Waals surface area contributed by atoms with Crippen molar-refractivity contribution in [3.63, 3.8) is 0 Å². The van der Waals surface area contributed by atoms with E-state index in [9.17, 15) is 4.79 Å². The molecule has 0 bridgehead atoms. The molecule has 0 aliphatic heterocycles. The monoisotopic (exact) mass is 400 g/mol. The molecule has 0 aromatic heterocycles. The van der Waals surface area contributed by atoms with Crippen LogP contribution in [0.2, 0.25) is 0 Å². The fraction of sp³-hybridized carbons (Fsp3) is 0.478. The lowest BCUT2D eigenvalue weighted by Crippen LogP contribution is -2.26. The molecule has 0 saturated carbocycles. The Morgan fingerprint density at radius 1 is 1.17 bits per heavy atom. The number of rotatable bonds is 7. The van der Waals surface area contributed by atoms with Gasteiger partial charge in [-0.1, -0.05) is 31.6 Å².